The summed E-state index contributed by atoms with van der Waals surface area (Å²) in [7, 11) is -2.80. The predicted molar refractivity (Wildman–Crippen MR) is 58.5 cm³/mol. The molecule has 0 unspecified atom stereocenters. The second-order valence-electron chi connectivity index (χ2n) is 3.10. The summed E-state index contributed by atoms with van der Waals surface area (Å²) in [5.74, 6) is -0.0912. The van der Waals surface area contributed by atoms with Crippen LogP contribution in [0, 0.1) is 0 Å². The Kier molecular flexibility index (Phi) is 4.06. The third-order valence-electron chi connectivity index (χ3n) is 1.72. The van der Waals surface area contributed by atoms with E-state index in [0.717, 1.165) is 0 Å². The molecule has 0 radical (unpaired) electrons. The standard InChI is InChI=1S/C9H12NO5P/c1-15-8-4-2-7(3-5-8)10-9(11)6-16(12,13)14/h2-5H,6H2,1H3,(H,10,11)(H2,12,13,14). The van der Waals surface area contributed by atoms with Crippen LogP contribution in [-0.4, -0.2) is 29.0 Å². The summed E-state index contributed by atoms with van der Waals surface area (Å²) in [6.07, 6.45) is -0.820. The Morgan fingerprint density at radius 3 is 2.38 bits per heavy atom. The smallest absolute Gasteiger partial charge is 0.334 e. The Morgan fingerprint density at radius 1 is 1.38 bits per heavy atom. The minimum atomic E-state index is -4.31. The molecule has 1 aromatic carbocycles. The number of anilines is 1. The zero-order valence-electron chi connectivity index (χ0n) is 8.58. The van der Waals surface area contributed by atoms with Crippen molar-refractivity contribution in [2.24, 2.45) is 0 Å². The number of amides is 1. The van der Waals surface area contributed by atoms with E-state index in [1.54, 1.807) is 24.3 Å². The fraction of sp³-hybridized carbons (Fsp3) is 0.222. The van der Waals surface area contributed by atoms with Crippen molar-refractivity contribution in [1.29, 1.82) is 0 Å². The van der Waals surface area contributed by atoms with Crippen LogP contribution in [0.15, 0.2) is 24.3 Å². The van der Waals surface area contributed by atoms with Crippen molar-refractivity contribution in [3.63, 3.8) is 0 Å². The number of hydrogen-bond donors (Lipinski definition) is 3. The summed E-state index contributed by atoms with van der Waals surface area (Å²) >= 11 is 0. The molecule has 0 fully saturated rings. The van der Waals surface area contributed by atoms with Gasteiger partial charge in [0.1, 0.15) is 11.9 Å². The number of carbonyl (C=O) groups excluding carboxylic acids is 1. The van der Waals surface area contributed by atoms with E-state index in [-0.39, 0.29) is 0 Å². The molecule has 1 rings (SSSR count). The monoisotopic (exact) mass is 245 g/mol. The number of nitrogens with one attached hydrogen (secondary N) is 1. The number of ether oxygens (including phenoxy) is 1. The summed E-state index contributed by atoms with van der Waals surface area (Å²) in [5.41, 5.74) is 0.458. The Balaban J connectivity index is 2.60. The SMILES string of the molecule is COc1ccc(NC(=O)CP(=O)(O)O)cc1. The van der Waals surface area contributed by atoms with Crippen molar-refractivity contribution in [2.45, 2.75) is 0 Å². The van der Waals surface area contributed by atoms with Crippen molar-refractivity contribution in [1.82, 2.24) is 0 Å². The summed E-state index contributed by atoms with van der Waals surface area (Å²) in [6, 6.07) is 6.42. The first-order valence-corrected chi connectivity index (χ1v) is 6.19. The molecule has 3 N–H and O–H groups in total. The maximum absolute atomic E-state index is 11.1. The van der Waals surface area contributed by atoms with E-state index >= 15 is 0 Å². The average molecular weight is 245 g/mol. The van der Waals surface area contributed by atoms with Crippen LogP contribution in [-0.2, 0) is 9.36 Å². The molecule has 0 aromatic heterocycles. The number of rotatable bonds is 4. The van der Waals surface area contributed by atoms with E-state index < -0.39 is 19.7 Å². The molecule has 7 heteroatoms. The summed E-state index contributed by atoms with van der Waals surface area (Å²) in [5, 5.41) is 2.36. The lowest BCUT2D eigenvalue weighted by Crippen LogP contribution is -2.16. The number of hydrogen-bond acceptors (Lipinski definition) is 3. The average Bonchev–Trinajstić information content (AvgIpc) is 2.16. The van der Waals surface area contributed by atoms with Gasteiger partial charge in [0, 0.05) is 5.69 Å². The molecule has 0 heterocycles. The molecular formula is C9H12NO5P. The van der Waals surface area contributed by atoms with E-state index in [4.69, 9.17) is 14.5 Å². The topological polar surface area (TPSA) is 95.9 Å². The number of methoxy groups -OCH3 is 1. The van der Waals surface area contributed by atoms with Gasteiger partial charge in [-0.1, -0.05) is 0 Å². The van der Waals surface area contributed by atoms with Gasteiger partial charge < -0.3 is 19.8 Å². The third-order valence-corrected chi connectivity index (χ3v) is 2.42. The van der Waals surface area contributed by atoms with Crippen molar-refractivity contribution in [2.75, 3.05) is 18.6 Å². The molecular weight excluding hydrogens is 233 g/mol. The first-order valence-electron chi connectivity index (χ1n) is 4.39. The quantitative estimate of drug-likeness (QED) is 0.682. The molecule has 1 aromatic rings. The highest BCUT2D eigenvalue weighted by molar-refractivity contribution is 7.52. The highest BCUT2D eigenvalue weighted by Gasteiger charge is 2.18. The third kappa shape index (κ3) is 4.44. The first kappa shape index (κ1) is 12.7. The van der Waals surface area contributed by atoms with Crippen LogP contribution in [0.1, 0.15) is 0 Å². The number of benzene rings is 1. The van der Waals surface area contributed by atoms with Gasteiger partial charge in [0.2, 0.25) is 5.91 Å². The van der Waals surface area contributed by atoms with Crippen LogP contribution < -0.4 is 10.1 Å². The molecule has 0 saturated carbocycles. The Bertz CT molecular complexity index is 410. The maximum atomic E-state index is 11.1. The van der Waals surface area contributed by atoms with Gasteiger partial charge in [-0.05, 0) is 24.3 Å². The van der Waals surface area contributed by atoms with Gasteiger partial charge in [-0.3, -0.25) is 9.36 Å². The van der Waals surface area contributed by atoms with Gasteiger partial charge in [-0.2, -0.15) is 0 Å². The molecule has 0 bridgehead atoms. The molecule has 0 aliphatic rings. The number of carbonyl (C=O) groups is 1. The van der Waals surface area contributed by atoms with E-state index in [9.17, 15) is 9.36 Å². The Labute approximate surface area is 92.4 Å². The molecule has 88 valence electrons. The van der Waals surface area contributed by atoms with E-state index in [2.05, 4.69) is 5.32 Å². The van der Waals surface area contributed by atoms with E-state index in [1.807, 2.05) is 0 Å². The van der Waals surface area contributed by atoms with Crippen LogP contribution in [0.4, 0.5) is 5.69 Å². The van der Waals surface area contributed by atoms with Gasteiger partial charge in [0.15, 0.2) is 0 Å². The Morgan fingerprint density at radius 2 is 1.94 bits per heavy atom. The zero-order chi connectivity index (χ0) is 12.2. The summed E-state index contributed by atoms with van der Waals surface area (Å²) in [4.78, 5) is 28.3. The van der Waals surface area contributed by atoms with Crippen LogP contribution in [0.2, 0.25) is 0 Å². The molecule has 0 spiro atoms. The van der Waals surface area contributed by atoms with Crippen molar-refractivity contribution in [3.8, 4) is 5.75 Å². The Hall–Kier alpha value is -1.36. The molecule has 6 nitrogen and oxygen atoms in total. The normalized spacial score (nSPS) is 10.9. The van der Waals surface area contributed by atoms with Gasteiger partial charge in [0.25, 0.3) is 0 Å². The van der Waals surface area contributed by atoms with Crippen LogP contribution in [0.5, 0.6) is 5.75 Å². The van der Waals surface area contributed by atoms with Crippen LogP contribution >= 0.6 is 7.60 Å². The van der Waals surface area contributed by atoms with Gasteiger partial charge in [-0.25, -0.2) is 0 Å². The second-order valence-corrected chi connectivity index (χ2v) is 4.75. The lowest BCUT2D eigenvalue weighted by atomic mass is 10.3. The summed E-state index contributed by atoms with van der Waals surface area (Å²) in [6.45, 7) is 0. The fourth-order valence-corrected chi connectivity index (χ4v) is 1.52. The molecule has 0 aliphatic carbocycles. The van der Waals surface area contributed by atoms with Crippen molar-refractivity contribution < 1.29 is 23.9 Å². The zero-order valence-corrected chi connectivity index (χ0v) is 9.48. The van der Waals surface area contributed by atoms with E-state index in [1.165, 1.54) is 7.11 Å². The van der Waals surface area contributed by atoms with Gasteiger partial charge >= 0.3 is 7.60 Å². The fourth-order valence-electron chi connectivity index (χ4n) is 1.06. The van der Waals surface area contributed by atoms with Crippen molar-refractivity contribution in [3.05, 3.63) is 24.3 Å². The molecule has 1 amide bonds. The lowest BCUT2D eigenvalue weighted by Gasteiger charge is -2.06. The van der Waals surface area contributed by atoms with Crippen LogP contribution in [0.25, 0.3) is 0 Å². The molecule has 0 atom stereocenters. The van der Waals surface area contributed by atoms with Crippen LogP contribution in [0.3, 0.4) is 0 Å². The minimum absolute atomic E-state index is 0.458. The highest BCUT2D eigenvalue weighted by Crippen LogP contribution is 2.33. The maximum Gasteiger partial charge on any atom is 0.334 e. The van der Waals surface area contributed by atoms with Crippen molar-refractivity contribution >= 4 is 19.2 Å². The second kappa shape index (κ2) is 5.12. The molecule has 16 heavy (non-hydrogen) atoms. The lowest BCUT2D eigenvalue weighted by molar-refractivity contribution is -0.114. The first-order chi connectivity index (χ1) is 7.40. The summed E-state index contributed by atoms with van der Waals surface area (Å²) < 4.78 is 15.5. The van der Waals surface area contributed by atoms with Gasteiger partial charge in [0.05, 0.1) is 7.11 Å². The van der Waals surface area contributed by atoms with Gasteiger partial charge in [-0.15, -0.1) is 0 Å². The molecule has 0 saturated heterocycles. The van der Waals surface area contributed by atoms with E-state index in [0.29, 0.717) is 11.4 Å². The molecule has 0 aliphatic heterocycles. The predicted octanol–water partition coefficient (Wildman–Crippen LogP) is 0.811. The minimum Gasteiger partial charge on any atom is -0.497 e. The largest absolute Gasteiger partial charge is 0.497 e. The highest BCUT2D eigenvalue weighted by atomic mass is 31.2.